The lowest BCUT2D eigenvalue weighted by atomic mass is 9.90. The summed E-state index contributed by atoms with van der Waals surface area (Å²) in [6, 6.07) is 6.37. The van der Waals surface area contributed by atoms with Crippen molar-refractivity contribution >= 4 is 0 Å². The molecule has 3 heteroatoms. The molecule has 2 unspecified atom stereocenters. The maximum absolute atomic E-state index is 13.2. The van der Waals surface area contributed by atoms with Crippen molar-refractivity contribution in [1.82, 2.24) is 0 Å². The zero-order valence-corrected chi connectivity index (χ0v) is 11.1. The van der Waals surface area contributed by atoms with E-state index in [0.29, 0.717) is 6.54 Å². The molecule has 0 heterocycles. The van der Waals surface area contributed by atoms with E-state index in [4.69, 9.17) is 5.73 Å². The predicted molar refractivity (Wildman–Crippen MR) is 73.0 cm³/mol. The molecule has 3 N–H and O–H groups in total. The third-order valence-corrected chi connectivity index (χ3v) is 3.35. The fourth-order valence-corrected chi connectivity index (χ4v) is 2.23. The largest absolute Gasteiger partial charge is 0.392 e. The Morgan fingerprint density at radius 1 is 1.28 bits per heavy atom. The van der Waals surface area contributed by atoms with Crippen molar-refractivity contribution in [2.75, 3.05) is 6.54 Å². The lowest BCUT2D eigenvalue weighted by Crippen LogP contribution is -2.26. The zero-order valence-electron chi connectivity index (χ0n) is 11.1. The minimum Gasteiger partial charge on any atom is -0.392 e. The molecule has 0 aliphatic carbocycles. The van der Waals surface area contributed by atoms with Crippen molar-refractivity contribution in [3.05, 3.63) is 35.6 Å². The molecule has 18 heavy (non-hydrogen) atoms. The van der Waals surface area contributed by atoms with Crippen LogP contribution in [-0.4, -0.2) is 17.8 Å². The minimum absolute atomic E-state index is 0.165. The Bertz CT molecular complexity index is 343. The normalized spacial score (nSPS) is 14.4. The van der Waals surface area contributed by atoms with E-state index in [-0.39, 0.29) is 11.7 Å². The summed E-state index contributed by atoms with van der Waals surface area (Å²) in [5, 5.41) is 10.2. The van der Waals surface area contributed by atoms with Crippen molar-refractivity contribution < 1.29 is 9.50 Å². The van der Waals surface area contributed by atoms with Gasteiger partial charge < -0.3 is 10.8 Å². The number of hydrogen-bond acceptors (Lipinski definition) is 2. The van der Waals surface area contributed by atoms with E-state index < -0.39 is 6.10 Å². The molecule has 102 valence electrons. The van der Waals surface area contributed by atoms with Crippen LogP contribution in [0.2, 0.25) is 0 Å². The minimum atomic E-state index is -0.478. The maximum atomic E-state index is 13.2. The Balaban J connectivity index is 2.54. The van der Waals surface area contributed by atoms with Gasteiger partial charge in [0.1, 0.15) is 5.82 Å². The number of benzene rings is 1. The Labute approximate surface area is 109 Å². The number of unbranched alkanes of at least 4 members (excludes halogenated alkanes) is 3. The SMILES string of the molecule is CCCCCCC(O)C(CN)c1cccc(F)c1. The standard InChI is InChI=1S/C15H24FNO/c1-2-3-4-5-9-15(18)14(11-17)12-7-6-8-13(16)10-12/h6-8,10,14-15,18H,2-5,9,11,17H2,1H3. The molecular formula is C15H24FNO. The van der Waals surface area contributed by atoms with Gasteiger partial charge in [0.25, 0.3) is 0 Å². The predicted octanol–water partition coefficient (Wildman–Crippen LogP) is 3.20. The van der Waals surface area contributed by atoms with Crippen LogP contribution in [0.25, 0.3) is 0 Å². The van der Waals surface area contributed by atoms with E-state index in [2.05, 4.69) is 6.92 Å². The molecule has 0 amide bonds. The zero-order chi connectivity index (χ0) is 13.4. The van der Waals surface area contributed by atoms with Crippen LogP contribution in [0.15, 0.2) is 24.3 Å². The first kappa shape index (κ1) is 15.1. The summed E-state index contributed by atoms with van der Waals surface area (Å²) in [4.78, 5) is 0. The summed E-state index contributed by atoms with van der Waals surface area (Å²) in [6.45, 7) is 2.50. The topological polar surface area (TPSA) is 46.2 Å². The van der Waals surface area contributed by atoms with Gasteiger partial charge in [-0.1, -0.05) is 44.7 Å². The van der Waals surface area contributed by atoms with Gasteiger partial charge in [-0.2, -0.15) is 0 Å². The lowest BCUT2D eigenvalue weighted by molar-refractivity contribution is 0.132. The second-order valence-electron chi connectivity index (χ2n) is 4.81. The molecule has 0 saturated heterocycles. The van der Waals surface area contributed by atoms with E-state index in [9.17, 15) is 9.50 Å². The molecule has 0 aromatic heterocycles. The molecule has 0 aliphatic rings. The molecule has 2 nitrogen and oxygen atoms in total. The summed E-state index contributed by atoms with van der Waals surface area (Å²) in [5.41, 5.74) is 6.50. The van der Waals surface area contributed by atoms with Crippen molar-refractivity contribution in [2.45, 2.75) is 51.0 Å². The molecule has 0 aliphatic heterocycles. The van der Waals surface area contributed by atoms with Gasteiger partial charge in [0.05, 0.1) is 6.10 Å². The highest BCUT2D eigenvalue weighted by Gasteiger charge is 2.19. The van der Waals surface area contributed by atoms with Crippen molar-refractivity contribution in [2.24, 2.45) is 5.73 Å². The van der Waals surface area contributed by atoms with Gasteiger partial charge in [-0.25, -0.2) is 4.39 Å². The van der Waals surface area contributed by atoms with E-state index >= 15 is 0 Å². The molecular weight excluding hydrogens is 229 g/mol. The first-order valence-corrected chi connectivity index (χ1v) is 6.82. The molecule has 0 bridgehead atoms. The fourth-order valence-electron chi connectivity index (χ4n) is 2.23. The molecule has 0 radical (unpaired) electrons. The second-order valence-corrected chi connectivity index (χ2v) is 4.81. The Morgan fingerprint density at radius 3 is 2.67 bits per heavy atom. The number of aliphatic hydroxyl groups excluding tert-OH is 1. The number of aliphatic hydroxyl groups is 1. The van der Waals surface area contributed by atoms with Gasteiger partial charge in [-0.15, -0.1) is 0 Å². The average Bonchev–Trinajstić information content (AvgIpc) is 2.36. The van der Waals surface area contributed by atoms with Crippen LogP contribution in [-0.2, 0) is 0 Å². The van der Waals surface area contributed by atoms with Crippen molar-refractivity contribution in [1.29, 1.82) is 0 Å². The number of hydrogen-bond donors (Lipinski definition) is 2. The Hall–Kier alpha value is -0.930. The van der Waals surface area contributed by atoms with E-state index in [1.165, 1.54) is 25.0 Å². The number of nitrogens with two attached hydrogens (primary N) is 1. The van der Waals surface area contributed by atoms with Gasteiger partial charge in [0.15, 0.2) is 0 Å². The highest BCUT2D eigenvalue weighted by atomic mass is 19.1. The maximum Gasteiger partial charge on any atom is 0.123 e. The van der Waals surface area contributed by atoms with Gasteiger partial charge >= 0.3 is 0 Å². The fraction of sp³-hybridized carbons (Fsp3) is 0.600. The number of rotatable bonds is 8. The van der Waals surface area contributed by atoms with Gasteiger partial charge in [0.2, 0.25) is 0 Å². The summed E-state index contributed by atoms with van der Waals surface area (Å²) in [7, 11) is 0. The quantitative estimate of drug-likeness (QED) is 0.699. The van der Waals surface area contributed by atoms with Crippen molar-refractivity contribution in [3.8, 4) is 0 Å². The molecule has 0 fully saturated rings. The first-order valence-electron chi connectivity index (χ1n) is 6.82. The van der Waals surface area contributed by atoms with Crippen LogP contribution in [0.4, 0.5) is 4.39 Å². The van der Waals surface area contributed by atoms with Crippen LogP contribution in [0, 0.1) is 5.82 Å². The highest BCUT2D eigenvalue weighted by Crippen LogP contribution is 2.23. The van der Waals surface area contributed by atoms with Crippen LogP contribution in [0.3, 0.4) is 0 Å². The molecule has 0 saturated carbocycles. The van der Waals surface area contributed by atoms with Crippen LogP contribution < -0.4 is 5.73 Å². The van der Waals surface area contributed by atoms with E-state index in [1.54, 1.807) is 6.07 Å². The average molecular weight is 253 g/mol. The third kappa shape index (κ3) is 4.75. The molecule has 0 spiro atoms. The van der Waals surface area contributed by atoms with E-state index in [1.807, 2.05) is 6.07 Å². The van der Waals surface area contributed by atoms with Gasteiger partial charge in [-0.3, -0.25) is 0 Å². The molecule has 1 rings (SSSR count). The van der Waals surface area contributed by atoms with Crippen LogP contribution >= 0.6 is 0 Å². The Kier molecular flexibility index (Phi) is 6.91. The van der Waals surface area contributed by atoms with Crippen LogP contribution in [0.1, 0.15) is 50.5 Å². The summed E-state index contributed by atoms with van der Waals surface area (Å²) in [5.74, 6) is -0.438. The van der Waals surface area contributed by atoms with E-state index in [0.717, 1.165) is 24.8 Å². The second kappa shape index (κ2) is 8.22. The smallest absolute Gasteiger partial charge is 0.123 e. The monoisotopic (exact) mass is 253 g/mol. The first-order chi connectivity index (χ1) is 8.69. The molecule has 2 atom stereocenters. The summed E-state index contributed by atoms with van der Waals surface area (Å²) >= 11 is 0. The number of halogens is 1. The third-order valence-electron chi connectivity index (χ3n) is 3.35. The summed E-state index contributed by atoms with van der Waals surface area (Å²) < 4.78 is 13.2. The van der Waals surface area contributed by atoms with Gasteiger partial charge in [-0.05, 0) is 24.1 Å². The summed E-state index contributed by atoms with van der Waals surface area (Å²) in [6.07, 6.45) is 4.77. The van der Waals surface area contributed by atoms with Crippen molar-refractivity contribution in [3.63, 3.8) is 0 Å². The molecule has 1 aromatic rings. The Morgan fingerprint density at radius 2 is 2.06 bits per heavy atom. The highest BCUT2D eigenvalue weighted by molar-refractivity contribution is 5.22. The molecule has 1 aromatic carbocycles. The van der Waals surface area contributed by atoms with Gasteiger partial charge in [0, 0.05) is 12.5 Å². The van der Waals surface area contributed by atoms with Crippen LogP contribution in [0.5, 0.6) is 0 Å². The lowest BCUT2D eigenvalue weighted by Gasteiger charge is -2.22.